The molecule has 142 valence electrons. The summed E-state index contributed by atoms with van der Waals surface area (Å²) in [6.45, 7) is 3.59. The van der Waals surface area contributed by atoms with Crippen LogP contribution in [0.2, 0.25) is 0 Å². The summed E-state index contributed by atoms with van der Waals surface area (Å²) in [5.74, 6) is 1.14. The van der Waals surface area contributed by atoms with E-state index in [1.54, 1.807) is 41.9 Å². The highest BCUT2D eigenvalue weighted by molar-refractivity contribution is 7.91. The van der Waals surface area contributed by atoms with E-state index in [9.17, 15) is 8.42 Å². The van der Waals surface area contributed by atoms with E-state index >= 15 is 0 Å². The molecule has 0 radical (unpaired) electrons. The molecule has 4 rings (SSSR count). The van der Waals surface area contributed by atoms with E-state index < -0.39 is 9.84 Å². The summed E-state index contributed by atoms with van der Waals surface area (Å²) in [7, 11) is 1.88. The minimum atomic E-state index is -3.78. The summed E-state index contributed by atoms with van der Waals surface area (Å²) in [6, 6.07) is 8.38. The Hall–Kier alpha value is -2.81. The number of nitrogens with zero attached hydrogens (tertiary/aromatic N) is 5. The molecular weight excluding hydrogens is 364 g/mol. The Morgan fingerprint density at radius 3 is 2.41 bits per heavy atom. The fourth-order valence-corrected chi connectivity index (χ4v) is 5.07. The average Bonchev–Trinajstić information content (AvgIpc) is 3.03. The number of hydrogen-bond donors (Lipinski definition) is 1. The van der Waals surface area contributed by atoms with Crippen LogP contribution in [0, 0.1) is 6.92 Å². The van der Waals surface area contributed by atoms with E-state index in [-0.39, 0.29) is 9.79 Å². The summed E-state index contributed by atoms with van der Waals surface area (Å²) in [6.07, 6.45) is 0. The Balaban J connectivity index is 2.09. The zero-order valence-corrected chi connectivity index (χ0v) is 16.6. The molecule has 9 heteroatoms. The predicted octanol–water partition coefficient (Wildman–Crippen LogP) is 1.80. The molecule has 2 aromatic heterocycles. The highest BCUT2D eigenvalue weighted by atomic mass is 32.2. The van der Waals surface area contributed by atoms with Crippen molar-refractivity contribution in [3.05, 3.63) is 36.0 Å². The molecule has 27 heavy (non-hydrogen) atoms. The molecule has 1 aromatic carbocycles. The Morgan fingerprint density at radius 1 is 1.07 bits per heavy atom. The molecule has 0 bridgehead atoms. The van der Waals surface area contributed by atoms with E-state index in [2.05, 4.69) is 25.2 Å². The molecule has 1 aliphatic heterocycles. The van der Waals surface area contributed by atoms with Gasteiger partial charge in [-0.05, 0) is 19.1 Å². The van der Waals surface area contributed by atoms with Gasteiger partial charge in [0.2, 0.25) is 9.84 Å². The molecule has 8 nitrogen and oxygen atoms in total. The lowest BCUT2D eigenvalue weighted by Crippen LogP contribution is -2.39. The topological polar surface area (TPSA) is 82.8 Å². The second-order valence-electron chi connectivity index (χ2n) is 6.69. The van der Waals surface area contributed by atoms with Gasteiger partial charge in [-0.3, -0.25) is 0 Å². The molecule has 1 aliphatic rings. The SMILES string of the molecule is CNc1nn2c3c(c(C)nc2c1S(=O)(=O)c1ccccc1)N(C)CCN3C. The van der Waals surface area contributed by atoms with Crippen molar-refractivity contribution < 1.29 is 8.42 Å². The number of rotatable bonds is 3. The van der Waals surface area contributed by atoms with Crippen molar-refractivity contribution in [2.45, 2.75) is 16.7 Å². The molecule has 3 heterocycles. The first-order valence-corrected chi connectivity index (χ1v) is 10.2. The third-order valence-electron chi connectivity index (χ3n) is 4.92. The quantitative estimate of drug-likeness (QED) is 0.735. The second-order valence-corrected chi connectivity index (χ2v) is 8.58. The van der Waals surface area contributed by atoms with Gasteiger partial charge in [-0.1, -0.05) is 18.2 Å². The number of sulfone groups is 1. The molecule has 3 aromatic rings. The average molecular weight is 386 g/mol. The van der Waals surface area contributed by atoms with Crippen molar-refractivity contribution in [3.63, 3.8) is 0 Å². The summed E-state index contributed by atoms with van der Waals surface area (Å²) < 4.78 is 28.4. The summed E-state index contributed by atoms with van der Waals surface area (Å²) in [5.41, 5.74) is 2.07. The summed E-state index contributed by atoms with van der Waals surface area (Å²) in [5, 5.41) is 7.49. The summed E-state index contributed by atoms with van der Waals surface area (Å²) >= 11 is 0. The monoisotopic (exact) mass is 386 g/mol. The van der Waals surface area contributed by atoms with Gasteiger partial charge in [-0.2, -0.15) is 4.52 Å². The lowest BCUT2D eigenvalue weighted by atomic mass is 10.2. The van der Waals surface area contributed by atoms with Crippen LogP contribution in [0.15, 0.2) is 40.1 Å². The standard InChI is InChI=1S/C18H22N6O2S/c1-12-14-18(23(4)11-10-22(14)3)24-17(20-12)15(16(19-2)21-24)27(25,26)13-8-6-5-7-9-13/h5-9H,10-11H2,1-4H3,(H,19,21). The molecule has 0 saturated carbocycles. The number of aryl methyl sites for hydroxylation is 1. The highest BCUT2D eigenvalue weighted by Gasteiger charge is 2.32. The lowest BCUT2D eigenvalue weighted by molar-refractivity contribution is 0.597. The van der Waals surface area contributed by atoms with Gasteiger partial charge in [-0.25, -0.2) is 13.4 Å². The molecule has 0 atom stereocenters. The molecule has 0 saturated heterocycles. The van der Waals surface area contributed by atoms with Crippen LogP contribution < -0.4 is 15.1 Å². The highest BCUT2D eigenvalue weighted by Crippen LogP contribution is 2.38. The maximum Gasteiger partial charge on any atom is 0.214 e. The fraction of sp³-hybridized carbons (Fsp3) is 0.333. The molecule has 0 fully saturated rings. The Bertz CT molecular complexity index is 1120. The molecule has 0 aliphatic carbocycles. The van der Waals surface area contributed by atoms with Crippen LogP contribution >= 0.6 is 0 Å². The van der Waals surface area contributed by atoms with Crippen LogP contribution in [0.3, 0.4) is 0 Å². The van der Waals surface area contributed by atoms with Crippen molar-refractivity contribution in [3.8, 4) is 0 Å². The van der Waals surface area contributed by atoms with Crippen LogP contribution in [-0.2, 0) is 9.84 Å². The van der Waals surface area contributed by atoms with Crippen LogP contribution in [0.5, 0.6) is 0 Å². The molecule has 0 amide bonds. The first-order valence-electron chi connectivity index (χ1n) is 8.69. The molecule has 1 N–H and O–H groups in total. The van der Waals surface area contributed by atoms with Gasteiger partial charge in [0.1, 0.15) is 5.69 Å². The zero-order valence-electron chi connectivity index (χ0n) is 15.8. The number of fused-ring (bicyclic) bond motifs is 3. The largest absolute Gasteiger partial charge is 0.370 e. The summed E-state index contributed by atoms with van der Waals surface area (Å²) in [4.78, 5) is 9.18. The van der Waals surface area contributed by atoms with Crippen molar-refractivity contribution >= 4 is 32.8 Å². The minimum absolute atomic E-state index is 0.101. The minimum Gasteiger partial charge on any atom is -0.370 e. The third-order valence-corrected chi connectivity index (χ3v) is 6.73. The number of anilines is 3. The number of benzene rings is 1. The Morgan fingerprint density at radius 2 is 1.74 bits per heavy atom. The van der Waals surface area contributed by atoms with Crippen molar-refractivity contribution in [1.29, 1.82) is 0 Å². The smallest absolute Gasteiger partial charge is 0.214 e. The van der Waals surface area contributed by atoms with Crippen LogP contribution in [0.25, 0.3) is 5.65 Å². The Kier molecular flexibility index (Phi) is 3.99. The molecule has 0 unspecified atom stereocenters. The van der Waals surface area contributed by atoms with E-state index in [0.717, 1.165) is 30.3 Å². The predicted molar refractivity (Wildman–Crippen MR) is 106 cm³/mol. The van der Waals surface area contributed by atoms with Crippen molar-refractivity contribution in [2.75, 3.05) is 49.3 Å². The first kappa shape index (κ1) is 17.6. The molecule has 0 spiro atoms. The van der Waals surface area contributed by atoms with Crippen LogP contribution in [0.4, 0.5) is 17.3 Å². The molecular formula is C18H22N6O2S. The van der Waals surface area contributed by atoms with E-state index in [4.69, 9.17) is 0 Å². The normalized spacial score (nSPS) is 14.5. The van der Waals surface area contributed by atoms with Crippen LogP contribution in [0.1, 0.15) is 5.69 Å². The van der Waals surface area contributed by atoms with Gasteiger partial charge < -0.3 is 15.1 Å². The zero-order chi connectivity index (χ0) is 19.3. The first-order chi connectivity index (χ1) is 12.9. The van der Waals surface area contributed by atoms with Crippen molar-refractivity contribution in [2.24, 2.45) is 0 Å². The maximum atomic E-state index is 13.4. The lowest BCUT2D eigenvalue weighted by Gasteiger charge is -2.35. The fourth-order valence-electron chi connectivity index (χ4n) is 3.55. The number of hydrogen-bond acceptors (Lipinski definition) is 7. The number of aromatic nitrogens is 3. The van der Waals surface area contributed by atoms with E-state index in [1.165, 1.54) is 0 Å². The number of nitrogens with one attached hydrogen (secondary N) is 1. The van der Waals surface area contributed by atoms with Gasteiger partial charge in [0.05, 0.1) is 10.6 Å². The van der Waals surface area contributed by atoms with Gasteiger partial charge in [0, 0.05) is 34.2 Å². The van der Waals surface area contributed by atoms with Crippen molar-refractivity contribution in [1.82, 2.24) is 14.6 Å². The van der Waals surface area contributed by atoms with Gasteiger partial charge in [-0.15, -0.1) is 5.10 Å². The van der Waals surface area contributed by atoms with Gasteiger partial charge in [0.25, 0.3) is 0 Å². The van der Waals surface area contributed by atoms with Gasteiger partial charge in [0.15, 0.2) is 22.2 Å². The number of likely N-dealkylation sites (N-methyl/N-ethyl adjacent to an activating group) is 2. The third kappa shape index (κ3) is 2.53. The van der Waals surface area contributed by atoms with E-state index in [0.29, 0.717) is 11.5 Å². The Labute approximate surface area is 158 Å². The van der Waals surface area contributed by atoms with Gasteiger partial charge >= 0.3 is 0 Å². The second kappa shape index (κ2) is 6.12. The maximum absolute atomic E-state index is 13.4. The van der Waals surface area contributed by atoms with E-state index in [1.807, 2.05) is 21.0 Å². The van der Waals surface area contributed by atoms with Crippen LogP contribution in [-0.4, -0.2) is 57.2 Å².